The van der Waals surface area contributed by atoms with E-state index in [4.69, 9.17) is 0 Å². The second kappa shape index (κ2) is 7.70. The van der Waals surface area contributed by atoms with Crippen molar-refractivity contribution in [2.75, 3.05) is 26.2 Å². The Balaban J connectivity index is 1.67. The summed E-state index contributed by atoms with van der Waals surface area (Å²) in [4.78, 5) is 13.0. The van der Waals surface area contributed by atoms with Crippen molar-refractivity contribution in [1.82, 2.24) is 4.31 Å². The molecule has 1 atom stereocenters. The third-order valence-corrected chi connectivity index (χ3v) is 7.09. The van der Waals surface area contributed by atoms with Crippen molar-refractivity contribution in [3.8, 4) is 0 Å². The zero-order valence-electron chi connectivity index (χ0n) is 15.2. The maximum absolute atomic E-state index is 12.8. The second-order valence-corrected chi connectivity index (χ2v) is 8.71. The fourth-order valence-electron chi connectivity index (χ4n) is 3.43. The minimum Gasteiger partial charge on any atom is -0.327 e. The van der Waals surface area contributed by atoms with Crippen LogP contribution in [0, 0.1) is 0 Å². The molecule has 0 aliphatic carbocycles. The summed E-state index contributed by atoms with van der Waals surface area (Å²) in [7, 11) is -3.51. The fraction of sp³-hybridized carbons (Fsp3) is 0.350. The van der Waals surface area contributed by atoms with Gasteiger partial charge in [-0.15, -0.1) is 0 Å². The highest BCUT2D eigenvalue weighted by Crippen LogP contribution is 2.17. The molecular formula is C20H25N2O3S+. The Morgan fingerprint density at radius 2 is 1.58 bits per heavy atom. The van der Waals surface area contributed by atoms with Gasteiger partial charge in [0.15, 0.2) is 5.78 Å². The number of nitrogens with one attached hydrogen (secondary N) is 1. The molecule has 138 valence electrons. The molecule has 1 fully saturated rings. The van der Waals surface area contributed by atoms with Gasteiger partial charge in [-0.1, -0.05) is 42.5 Å². The summed E-state index contributed by atoms with van der Waals surface area (Å²) in [5.41, 5.74) is 1.80. The minimum absolute atomic E-state index is 0.0685. The summed E-state index contributed by atoms with van der Waals surface area (Å²) in [6.45, 7) is 6.23. The molecule has 0 bridgehead atoms. The zero-order valence-corrected chi connectivity index (χ0v) is 16.0. The number of nitrogens with zero attached hydrogens (tertiary/aromatic N) is 1. The Labute approximate surface area is 155 Å². The van der Waals surface area contributed by atoms with Crippen LogP contribution in [0.25, 0.3) is 0 Å². The van der Waals surface area contributed by atoms with Crippen LogP contribution in [-0.4, -0.2) is 44.7 Å². The lowest BCUT2D eigenvalue weighted by atomic mass is 10.1. The minimum atomic E-state index is -3.51. The number of quaternary nitrogens is 1. The first-order chi connectivity index (χ1) is 12.4. The quantitative estimate of drug-likeness (QED) is 0.809. The number of ketones is 1. The van der Waals surface area contributed by atoms with Crippen LogP contribution >= 0.6 is 0 Å². The van der Waals surface area contributed by atoms with Gasteiger partial charge in [0.25, 0.3) is 0 Å². The largest absolute Gasteiger partial charge is 0.327 e. The van der Waals surface area contributed by atoms with Gasteiger partial charge >= 0.3 is 0 Å². The highest BCUT2D eigenvalue weighted by atomic mass is 32.2. The van der Waals surface area contributed by atoms with E-state index in [1.165, 1.54) is 29.5 Å². The van der Waals surface area contributed by atoms with Gasteiger partial charge in [-0.2, -0.15) is 4.31 Å². The standard InChI is InChI=1S/C20H24N2O3S/c1-16(18-6-4-3-5-7-18)21-12-14-22(15-13-21)26(24,25)20-10-8-19(9-11-20)17(2)23/h3-11,16H,12-15H2,1-2H3/p+1/t16-/m1/s1. The number of piperazine rings is 1. The molecule has 1 N–H and O–H groups in total. The van der Waals surface area contributed by atoms with E-state index in [9.17, 15) is 13.2 Å². The molecule has 0 spiro atoms. The number of benzene rings is 2. The Bertz CT molecular complexity index is 856. The molecule has 0 aromatic heterocycles. The van der Waals surface area contributed by atoms with E-state index in [-0.39, 0.29) is 10.7 Å². The van der Waals surface area contributed by atoms with Gasteiger partial charge in [0, 0.05) is 11.1 Å². The Hall–Kier alpha value is -2.02. The first-order valence-corrected chi connectivity index (χ1v) is 10.3. The molecule has 2 aromatic carbocycles. The Morgan fingerprint density at radius 1 is 1.00 bits per heavy atom. The third kappa shape index (κ3) is 3.87. The number of hydrogen-bond donors (Lipinski definition) is 1. The first-order valence-electron chi connectivity index (χ1n) is 8.90. The smallest absolute Gasteiger partial charge is 0.243 e. The Kier molecular flexibility index (Phi) is 5.55. The molecule has 0 amide bonds. The number of sulfonamides is 1. The summed E-state index contributed by atoms with van der Waals surface area (Å²) < 4.78 is 27.2. The molecule has 2 aromatic rings. The molecule has 6 heteroatoms. The molecule has 0 radical (unpaired) electrons. The van der Waals surface area contributed by atoms with Crippen molar-refractivity contribution in [3.05, 3.63) is 65.7 Å². The third-order valence-electron chi connectivity index (χ3n) is 5.18. The van der Waals surface area contributed by atoms with Crippen LogP contribution in [0.2, 0.25) is 0 Å². The topological polar surface area (TPSA) is 58.9 Å². The lowest BCUT2D eigenvalue weighted by Gasteiger charge is -2.35. The van der Waals surface area contributed by atoms with Gasteiger partial charge in [0.05, 0.1) is 31.1 Å². The molecule has 1 saturated heterocycles. The lowest BCUT2D eigenvalue weighted by Crippen LogP contribution is -3.14. The number of hydrogen-bond acceptors (Lipinski definition) is 3. The van der Waals surface area contributed by atoms with E-state index in [1.54, 1.807) is 16.4 Å². The summed E-state index contributed by atoms with van der Waals surface area (Å²) >= 11 is 0. The summed E-state index contributed by atoms with van der Waals surface area (Å²) in [6, 6.07) is 16.9. The Morgan fingerprint density at radius 3 is 2.12 bits per heavy atom. The van der Waals surface area contributed by atoms with Crippen molar-refractivity contribution in [3.63, 3.8) is 0 Å². The molecule has 5 nitrogen and oxygen atoms in total. The van der Waals surface area contributed by atoms with Crippen molar-refractivity contribution in [1.29, 1.82) is 0 Å². The van der Waals surface area contributed by atoms with Crippen molar-refractivity contribution in [2.45, 2.75) is 24.8 Å². The van der Waals surface area contributed by atoms with E-state index in [2.05, 4.69) is 19.1 Å². The number of rotatable bonds is 5. The SMILES string of the molecule is CC(=O)c1ccc(S(=O)(=O)N2CC[NH+]([C@H](C)c3ccccc3)CC2)cc1. The molecular weight excluding hydrogens is 348 g/mol. The van der Waals surface area contributed by atoms with Gasteiger partial charge in [0.1, 0.15) is 6.04 Å². The van der Waals surface area contributed by atoms with Crippen LogP contribution in [0.4, 0.5) is 0 Å². The highest BCUT2D eigenvalue weighted by molar-refractivity contribution is 7.89. The fourth-order valence-corrected chi connectivity index (χ4v) is 4.88. The maximum atomic E-state index is 12.8. The summed E-state index contributed by atoms with van der Waals surface area (Å²) in [5.74, 6) is -0.0685. The lowest BCUT2D eigenvalue weighted by molar-refractivity contribution is -0.933. The predicted octanol–water partition coefficient (Wildman–Crippen LogP) is 1.54. The van der Waals surface area contributed by atoms with E-state index in [0.29, 0.717) is 24.7 Å². The van der Waals surface area contributed by atoms with Crippen LogP contribution in [0.1, 0.15) is 35.8 Å². The van der Waals surface area contributed by atoms with Gasteiger partial charge < -0.3 is 4.90 Å². The number of carbonyl (C=O) groups is 1. The van der Waals surface area contributed by atoms with Crippen LogP contribution < -0.4 is 4.90 Å². The van der Waals surface area contributed by atoms with Crippen molar-refractivity contribution < 1.29 is 18.1 Å². The highest BCUT2D eigenvalue weighted by Gasteiger charge is 2.32. The molecule has 1 heterocycles. The normalized spacial score (nSPS) is 17.8. The van der Waals surface area contributed by atoms with E-state index < -0.39 is 10.0 Å². The molecule has 0 unspecified atom stereocenters. The summed E-state index contributed by atoms with van der Waals surface area (Å²) in [5, 5.41) is 0. The maximum Gasteiger partial charge on any atom is 0.243 e. The monoisotopic (exact) mass is 373 g/mol. The molecule has 0 saturated carbocycles. The van der Waals surface area contributed by atoms with E-state index in [0.717, 1.165) is 13.1 Å². The van der Waals surface area contributed by atoms with Gasteiger partial charge in [0.2, 0.25) is 10.0 Å². The van der Waals surface area contributed by atoms with Gasteiger partial charge in [-0.3, -0.25) is 4.79 Å². The average molecular weight is 373 g/mol. The van der Waals surface area contributed by atoms with Crippen molar-refractivity contribution in [2.24, 2.45) is 0 Å². The predicted molar refractivity (Wildman–Crippen MR) is 101 cm³/mol. The van der Waals surface area contributed by atoms with Crippen LogP contribution in [0.5, 0.6) is 0 Å². The average Bonchev–Trinajstić information content (AvgIpc) is 2.68. The van der Waals surface area contributed by atoms with Crippen LogP contribution in [0.3, 0.4) is 0 Å². The second-order valence-electron chi connectivity index (χ2n) is 6.78. The van der Waals surface area contributed by atoms with E-state index in [1.807, 2.05) is 18.2 Å². The first kappa shape index (κ1) is 18.8. The van der Waals surface area contributed by atoms with Crippen molar-refractivity contribution >= 4 is 15.8 Å². The number of Topliss-reactive ketones (excluding diaryl/α,β-unsaturated/α-hetero) is 1. The molecule has 3 rings (SSSR count). The van der Waals surface area contributed by atoms with Crippen LogP contribution in [-0.2, 0) is 10.0 Å². The number of carbonyl (C=O) groups excluding carboxylic acids is 1. The molecule has 1 aliphatic rings. The van der Waals surface area contributed by atoms with Crippen LogP contribution in [0.15, 0.2) is 59.5 Å². The summed E-state index contributed by atoms with van der Waals surface area (Å²) in [6.07, 6.45) is 0. The van der Waals surface area contributed by atoms with Gasteiger partial charge in [-0.25, -0.2) is 8.42 Å². The van der Waals surface area contributed by atoms with E-state index >= 15 is 0 Å². The molecule has 1 aliphatic heterocycles. The van der Waals surface area contributed by atoms with Gasteiger partial charge in [-0.05, 0) is 26.0 Å². The zero-order chi connectivity index (χ0) is 18.7. The molecule has 26 heavy (non-hydrogen) atoms.